The van der Waals surface area contributed by atoms with Gasteiger partial charge in [0.15, 0.2) is 6.10 Å². The van der Waals surface area contributed by atoms with Crippen molar-refractivity contribution < 1.29 is 19.4 Å². The molecule has 0 aromatic rings. The smallest absolute Gasteiger partial charge is 0.347 e. The van der Waals surface area contributed by atoms with E-state index in [1.165, 1.54) is 13.2 Å². The molecule has 4 heteroatoms. The van der Waals surface area contributed by atoms with E-state index < -0.39 is 12.1 Å². The second-order valence-electron chi connectivity index (χ2n) is 3.66. The molecule has 0 aliphatic heterocycles. The molecule has 0 fully saturated rings. The maximum Gasteiger partial charge on any atom is 0.347 e. The lowest BCUT2D eigenvalue weighted by molar-refractivity contribution is -0.152. The molecule has 0 amide bonds. The summed E-state index contributed by atoms with van der Waals surface area (Å²) in [5.41, 5.74) is 1.10. The Morgan fingerprint density at radius 2 is 2.06 bits per heavy atom. The Bertz CT molecular complexity index is 311. The Kier molecular flexibility index (Phi) is 7.80. The average molecular weight is 240 g/mol. The number of aliphatic hydroxyl groups is 1. The molecule has 0 aliphatic rings. The average Bonchev–Trinajstić information content (AvgIpc) is 2.31. The first-order valence-electron chi connectivity index (χ1n) is 5.38. The zero-order chi connectivity index (χ0) is 13.3. The summed E-state index contributed by atoms with van der Waals surface area (Å²) in [6.45, 7) is 7.35. The number of esters is 1. The number of carbonyl (C=O) groups excluding carboxylic acids is 1. The Balaban J connectivity index is 4.70. The molecule has 0 aliphatic carbocycles. The highest BCUT2D eigenvalue weighted by atomic mass is 16.6. The number of hydrogen-bond acceptors (Lipinski definition) is 4. The third-order valence-corrected chi connectivity index (χ3v) is 1.92. The van der Waals surface area contributed by atoms with Gasteiger partial charge in [-0.3, -0.25) is 0 Å². The van der Waals surface area contributed by atoms with Crippen molar-refractivity contribution in [1.82, 2.24) is 0 Å². The van der Waals surface area contributed by atoms with E-state index in [0.717, 1.165) is 5.57 Å². The van der Waals surface area contributed by atoms with Crippen LogP contribution in [0.5, 0.6) is 0 Å². The monoisotopic (exact) mass is 240 g/mol. The van der Waals surface area contributed by atoms with Gasteiger partial charge in [0.05, 0.1) is 7.11 Å². The van der Waals surface area contributed by atoms with Crippen molar-refractivity contribution in [2.75, 3.05) is 13.7 Å². The predicted octanol–water partition coefficient (Wildman–Crippen LogP) is 1.96. The van der Waals surface area contributed by atoms with Crippen LogP contribution in [0, 0.1) is 0 Å². The number of allylic oxidation sites excluding steroid dienone is 4. The lowest BCUT2D eigenvalue weighted by Crippen LogP contribution is -2.26. The van der Waals surface area contributed by atoms with Gasteiger partial charge in [-0.15, -0.1) is 0 Å². The molecule has 0 aromatic carbocycles. The van der Waals surface area contributed by atoms with Crippen molar-refractivity contribution in [2.45, 2.75) is 26.4 Å². The van der Waals surface area contributed by atoms with Crippen LogP contribution in [-0.4, -0.2) is 30.9 Å². The summed E-state index contributed by atoms with van der Waals surface area (Å²) in [4.78, 5) is 11.4. The normalized spacial score (nSPS) is 12.6. The van der Waals surface area contributed by atoms with Gasteiger partial charge in [0.25, 0.3) is 0 Å². The van der Waals surface area contributed by atoms with Crippen LogP contribution in [0.15, 0.2) is 36.1 Å². The van der Waals surface area contributed by atoms with Crippen LogP contribution in [-0.2, 0) is 14.3 Å². The number of rotatable bonds is 7. The van der Waals surface area contributed by atoms with Crippen LogP contribution in [0.25, 0.3) is 0 Å². The highest BCUT2D eigenvalue weighted by molar-refractivity contribution is 5.74. The summed E-state index contributed by atoms with van der Waals surface area (Å²) in [5.74, 6) is -0.0425. The van der Waals surface area contributed by atoms with Gasteiger partial charge in [0.2, 0.25) is 0 Å². The van der Waals surface area contributed by atoms with E-state index in [0.29, 0.717) is 5.76 Å². The molecule has 0 aromatic heterocycles. The first kappa shape index (κ1) is 15.4. The van der Waals surface area contributed by atoms with Crippen LogP contribution in [0.4, 0.5) is 0 Å². The van der Waals surface area contributed by atoms with Gasteiger partial charge in [-0.25, -0.2) is 4.79 Å². The lowest BCUT2D eigenvalue weighted by atomic mass is 10.2. The third-order valence-electron chi connectivity index (χ3n) is 1.92. The molecular formula is C13H20O4. The predicted molar refractivity (Wildman–Crippen MR) is 66.3 cm³/mol. The number of ether oxygens (including phenoxy) is 2. The molecule has 0 rings (SSSR count). The highest BCUT2D eigenvalue weighted by Crippen LogP contribution is 2.10. The van der Waals surface area contributed by atoms with Crippen LogP contribution >= 0.6 is 0 Å². The molecule has 0 heterocycles. The molecule has 0 saturated heterocycles. The molecule has 0 saturated carbocycles. The molecule has 96 valence electrons. The van der Waals surface area contributed by atoms with Crippen LogP contribution in [0.3, 0.4) is 0 Å². The molecule has 0 radical (unpaired) electrons. The first-order chi connectivity index (χ1) is 8.04. The number of aliphatic hydroxyl groups excluding tert-OH is 1. The van der Waals surface area contributed by atoms with Gasteiger partial charge < -0.3 is 14.6 Å². The molecule has 0 bridgehead atoms. The minimum Gasteiger partial charge on any atom is -0.479 e. The Hall–Kier alpha value is -1.55. The molecule has 17 heavy (non-hydrogen) atoms. The van der Waals surface area contributed by atoms with E-state index in [1.54, 1.807) is 6.08 Å². The summed E-state index contributed by atoms with van der Waals surface area (Å²) in [6.07, 6.45) is 4.46. The second kappa shape index (κ2) is 8.58. The van der Waals surface area contributed by atoms with E-state index in [-0.39, 0.29) is 13.0 Å². The van der Waals surface area contributed by atoms with Crippen LogP contribution in [0.1, 0.15) is 20.3 Å². The second-order valence-corrected chi connectivity index (χ2v) is 3.66. The molecule has 1 atom stereocenters. The maximum atomic E-state index is 11.4. The van der Waals surface area contributed by atoms with Crippen molar-refractivity contribution in [3.8, 4) is 0 Å². The fourth-order valence-electron chi connectivity index (χ4n) is 1.04. The van der Waals surface area contributed by atoms with Crippen LogP contribution < -0.4 is 0 Å². The zero-order valence-corrected chi connectivity index (χ0v) is 10.6. The van der Waals surface area contributed by atoms with E-state index in [4.69, 9.17) is 9.84 Å². The van der Waals surface area contributed by atoms with E-state index >= 15 is 0 Å². The largest absolute Gasteiger partial charge is 0.479 e. The molecule has 1 N–H and O–H groups in total. The topological polar surface area (TPSA) is 55.8 Å². The van der Waals surface area contributed by atoms with Gasteiger partial charge >= 0.3 is 5.97 Å². The highest BCUT2D eigenvalue weighted by Gasteiger charge is 2.20. The summed E-state index contributed by atoms with van der Waals surface area (Å²) in [7, 11) is 1.28. The Morgan fingerprint density at radius 1 is 1.41 bits per heavy atom. The molecule has 1 unspecified atom stereocenters. The third kappa shape index (κ3) is 6.58. The van der Waals surface area contributed by atoms with Gasteiger partial charge in [-0.2, -0.15) is 0 Å². The maximum absolute atomic E-state index is 11.4. The Morgan fingerprint density at radius 3 is 2.47 bits per heavy atom. The first-order valence-corrected chi connectivity index (χ1v) is 5.38. The fraction of sp³-hybridized carbons (Fsp3) is 0.462. The molecule has 0 spiro atoms. The lowest BCUT2D eigenvalue weighted by Gasteiger charge is -2.16. The quantitative estimate of drug-likeness (QED) is 0.420. The van der Waals surface area contributed by atoms with Gasteiger partial charge in [0, 0.05) is 13.0 Å². The SMILES string of the molecule is C=C/C(=C\C=C(C)C)OC(CCO)C(=O)OC. The zero-order valence-electron chi connectivity index (χ0n) is 10.6. The van der Waals surface area contributed by atoms with Gasteiger partial charge in [-0.05, 0) is 26.0 Å². The van der Waals surface area contributed by atoms with Crippen molar-refractivity contribution in [3.63, 3.8) is 0 Å². The summed E-state index contributed by atoms with van der Waals surface area (Å²) in [6, 6.07) is 0. The standard InChI is InChI=1S/C13H20O4/c1-5-11(7-6-10(2)3)17-12(8-9-14)13(15)16-4/h5-7,12,14H,1,8-9H2,2-4H3/b11-7+. The summed E-state index contributed by atoms with van der Waals surface area (Å²) >= 11 is 0. The van der Waals surface area contributed by atoms with Crippen LogP contribution in [0.2, 0.25) is 0 Å². The van der Waals surface area contributed by atoms with Crippen molar-refractivity contribution in [3.05, 3.63) is 36.1 Å². The molecule has 4 nitrogen and oxygen atoms in total. The van der Waals surface area contributed by atoms with E-state index in [2.05, 4.69) is 11.3 Å². The van der Waals surface area contributed by atoms with E-state index in [1.807, 2.05) is 19.9 Å². The van der Waals surface area contributed by atoms with Crippen molar-refractivity contribution in [2.24, 2.45) is 0 Å². The Labute approximate surface area is 102 Å². The van der Waals surface area contributed by atoms with Crippen molar-refractivity contribution >= 4 is 5.97 Å². The van der Waals surface area contributed by atoms with Crippen molar-refractivity contribution in [1.29, 1.82) is 0 Å². The van der Waals surface area contributed by atoms with Gasteiger partial charge in [-0.1, -0.05) is 18.2 Å². The van der Waals surface area contributed by atoms with E-state index in [9.17, 15) is 4.79 Å². The number of carbonyl (C=O) groups is 1. The minimum absolute atomic E-state index is 0.146. The molecular weight excluding hydrogens is 220 g/mol. The number of methoxy groups -OCH3 is 1. The summed E-state index contributed by atoms with van der Waals surface area (Å²) in [5, 5.41) is 8.84. The fourth-order valence-corrected chi connectivity index (χ4v) is 1.04. The number of hydrogen-bond donors (Lipinski definition) is 1. The summed E-state index contributed by atoms with van der Waals surface area (Å²) < 4.78 is 9.99. The minimum atomic E-state index is -0.806. The van der Waals surface area contributed by atoms with Gasteiger partial charge in [0.1, 0.15) is 5.76 Å².